The van der Waals surface area contributed by atoms with Crippen LogP contribution in [0.15, 0.2) is 65.6 Å². The molecule has 192 valence electrons. The van der Waals surface area contributed by atoms with Gasteiger partial charge in [-0.3, -0.25) is 4.79 Å². The Kier molecular flexibility index (Phi) is 8.83. The maximum Gasteiger partial charge on any atom is 0.328 e. The SMILES string of the molecule is CCCC(c1ccccc1)N1C(=O)c2c(N3CCOCC3)cccc2S1(=O)=O.O=C(O)/C=C/C(=O)O. The number of carbonyl (C=O) groups excluding carboxylic acids is 1. The third kappa shape index (κ3) is 5.92. The molecule has 1 saturated heterocycles. The molecule has 0 aromatic heterocycles. The van der Waals surface area contributed by atoms with Gasteiger partial charge in [0.1, 0.15) is 4.90 Å². The summed E-state index contributed by atoms with van der Waals surface area (Å²) in [4.78, 5) is 34.7. The quantitative estimate of drug-likeness (QED) is 0.531. The number of carboxylic acid groups (broad SMARTS) is 2. The molecule has 10 nitrogen and oxygen atoms in total. The van der Waals surface area contributed by atoms with E-state index in [0.29, 0.717) is 56.1 Å². The summed E-state index contributed by atoms with van der Waals surface area (Å²) < 4.78 is 33.3. The predicted molar refractivity (Wildman–Crippen MR) is 131 cm³/mol. The Morgan fingerprint density at radius 2 is 1.61 bits per heavy atom. The zero-order chi connectivity index (χ0) is 26.3. The molecular formula is C25H28N2O8S. The number of hydrogen-bond donors (Lipinski definition) is 2. The van der Waals surface area contributed by atoms with E-state index in [1.54, 1.807) is 12.1 Å². The van der Waals surface area contributed by atoms with Crippen LogP contribution in [-0.4, -0.2) is 67.1 Å². The van der Waals surface area contributed by atoms with E-state index in [1.165, 1.54) is 0 Å². The lowest BCUT2D eigenvalue weighted by atomic mass is 10.0. The Hall–Kier alpha value is -3.70. The van der Waals surface area contributed by atoms with E-state index in [9.17, 15) is 22.8 Å². The van der Waals surface area contributed by atoms with Crippen LogP contribution in [0.4, 0.5) is 5.69 Å². The highest BCUT2D eigenvalue weighted by Gasteiger charge is 2.47. The molecule has 1 amide bonds. The van der Waals surface area contributed by atoms with Gasteiger partial charge in [-0.25, -0.2) is 22.3 Å². The molecule has 2 heterocycles. The highest BCUT2D eigenvalue weighted by molar-refractivity contribution is 7.90. The maximum absolute atomic E-state index is 13.5. The van der Waals surface area contributed by atoms with Crippen molar-refractivity contribution in [3.05, 3.63) is 71.8 Å². The van der Waals surface area contributed by atoms with Gasteiger partial charge in [0.2, 0.25) is 0 Å². The van der Waals surface area contributed by atoms with Gasteiger partial charge in [-0.1, -0.05) is 49.7 Å². The molecule has 0 saturated carbocycles. The molecule has 2 aliphatic rings. The largest absolute Gasteiger partial charge is 0.478 e. The van der Waals surface area contributed by atoms with E-state index in [1.807, 2.05) is 48.2 Å². The van der Waals surface area contributed by atoms with Crippen molar-refractivity contribution in [1.29, 1.82) is 0 Å². The lowest BCUT2D eigenvalue weighted by Gasteiger charge is -2.30. The molecule has 1 fully saturated rings. The van der Waals surface area contributed by atoms with E-state index >= 15 is 0 Å². The first kappa shape index (κ1) is 26.9. The van der Waals surface area contributed by atoms with Crippen LogP contribution in [0.2, 0.25) is 0 Å². The zero-order valence-corrected chi connectivity index (χ0v) is 20.6. The van der Waals surface area contributed by atoms with Crippen LogP contribution in [-0.2, 0) is 24.3 Å². The average Bonchev–Trinajstić information content (AvgIpc) is 3.08. The number of rotatable bonds is 7. The number of nitrogens with zero attached hydrogens (tertiary/aromatic N) is 2. The minimum absolute atomic E-state index is 0.110. The van der Waals surface area contributed by atoms with Gasteiger partial charge in [-0.2, -0.15) is 0 Å². The van der Waals surface area contributed by atoms with Crippen LogP contribution in [0.25, 0.3) is 0 Å². The van der Waals surface area contributed by atoms with E-state index in [2.05, 4.69) is 0 Å². The summed E-state index contributed by atoms with van der Waals surface area (Å²) in [6.07, 6.45) is 2.46. The number of amides is 1. The fraction of sp³-hybridized carbons (Fsp3) is 0.320. The monoisotopic (exact) mass is 516 g/mol. The molecule has 0 bridgehead atoms. The van der Waals surface area contributed by atoms with Gasteiger partial charge < -0.3 is 19.8 Å². The van der Waals surface area contributed by atoms with E-state index in [-0.39, 0.29) is 4.90 Å². The summed E-state index contributed by atoms with van der Waals surface area (Å²) in [5.41, 5.74) is 1.81. The summed E-state index contributed by atoms with van der Waals surface area (Å²) in [6, 6.07) is 14.0. The molecule has 36 heavy (non-hydrogen) atoms. The first-order valence-electron chi connectivity index (χ1n) is 11.4. The first-order valence-corrected chi connectivity index (χ1v) is 12.9. The second-order valence-corrected chi connectivity index (χ2v) is 9.86. The normalized spacial score (nSPS) is 17.3. The Morgan fingerprint density at radius 1 is 1.00 bits per heavy atom. The molecule has 1 unspecified atom stereocenters. The van der Waals surface area contributed by atoms with Gasteiger partial charge >= 0.3 is 11.9 Å². The number of hydrogen-bond acceptors (Lipinski definition) is 7. The van der Waals surface area contributed by atoms with Gasteiger partial charge in [-0.15, -0.1) is 0 Å². The van der Waals surface area contributed by atoms with Crippen LogP contribution >= 0.6 is 0 Å². The smallest absolute Gasteiger partial charge is 0.328 e. The average molecular weight is 517 g/mol. The second-order valence-electron chi connectivity index (χ2n) is 8.08. The minimum atomic E-state index is -3.90. The van der Waals surface area contributed by atoms with Crippen molar-refractivity contribution >= 4 is 33.6 Å². The Balaban J connectivity index is 0.000000392. The predicted octanol–water partition coefficient (Wildman–Crippen LogP) is 2.92. The van der Waals surface area contributed by atoms with Crippen molar-refractivity contribution in [2.24, 2.45) is 0 Å². The van der Waals surface area contributed by atoms with Gasteiger partial charge in [0.25, 0.3) is 15.9 Å². The summed E-state index contributed by atoms with van der Waals surface area (Å²) >= 11 is 0. The van der Waals surface area contributed by atoms with Crippen molar-refractivity contribution in [1.82, 2.24) is 4.31 Å². The highest BCUT2D eigenvalue weighted by atomic mass is 32.2. The van der Waals surface area contributed by atoms with Crippen molar-refractivity contribution < 1.29 is 37.8 Å². The summed E-state index contributed by atoms with van der Waals surface area (Å²) in [6.45, 7) is 4.41. The van der Waals surface area contributed by atoms with Gasteiger partial charge in [0, 0.05) is 25.2 Å². The van der Waals surface area contributed by atoms with Crippen LogP contribution < -0.4 is 4.90 Å². The molecule has 0 radical (unpaired) electrons. The topological polar surface area (TPSA) is 142 Å². The third-order valence-corrected chi connectivity index (χ3v) is 7.54. The highest BCUT2D eigenvalue weighted by Crippen LogP contribution is 2.42. The van der Waals surface area contributed by atoms with Gasteiger partial charge in [0.15, 0.2) is 0 Å². The fourth-order valence-electron chi connectivity index (χ4n) is 4.16. The number of morpholine rings is 1. The number of anilines is 1. The molecular weight excluding hydrogens is 488 g/mol. The maximum atomic E-state index is 13.5. The summed E-state index contributed by atoms with van der Waals surface area (Å²) in [5.74, 6) is -2.95. The standard InChI is InChI=1S/C21H24N2O4S.C4H4O4/c1-2-7-17(16-8-4-3-5-9-16)23-21(24)20-18(22-12-14-27-15-13-22)10-6-11-19(20)28(23,25)26;5-3(6)1-2-4(7)8/h3-6,8-11,17H,2,7,12-15H2,1H3;1-2H,(H,5,6)(H,7,8)/b;2-1+. The fourth-order valence-corrected chi connectivity index (χ4v) is 5.95. The molecule has 1 atom stereocenters. The van der Waals surface area contributed by atoms with Crippen molar-refractivity contribution in [3.63, 3.8) is 0 Å². The van der Waals surface area contributed by atoms with Gasteiger partial charge in [0.05, 0.1) is 30.5 Å². The number of fused-ring (bicyclic) bond motifs is 1. The second kappa shape index (κ2) is 11.8. The molecule has 2 aliphatic heterocycles. The summed E-state index contributed by atoms with van der Waals surface area (Å²) in [5, 5.41) is 15.6. The minimum Gasteiger partial charge on any atom is -0.478 e. The zero-order valence-electron chi connectivity index (χ0n) is 19.7. The number of aliphatic carboxylic acids is 2. The van der Waals surface area contributed by atoms with Crippen LogP contribution in [0.5, 0.6) is 0 Å². The molecule has 0 spiro atoms. The number of sulfonamides is 1. The van der Waals surface area contributed by atoms with Crippen LogP contribution in [0.1, 0.15) is 41.7 Å². The molecule has 0 aliphatic carbocycles. The van der Waals surface area contributed by atoms with Crippen molar-refractivity contribution in [2.45, 2.75) is 30.7 Å². The molecule has 2 aromatic rings. The molecule has 2 N–H and O–H groups in total. The van der Waals surface area contributed by atoms with Crippen LogP contribution in [0.3, 0.4) is 0 Å². The Morgan fingerprint density at radius 3 is 2.17 bits per heavy atom. The van der Waals surface area contributed by atoms with Crippen molar-refractivity contribution in [2.75, 3.05) is 31.2 Å². The first-order chi connectivity index (χ1) is 17.2. The molecule has 4 rings (SSSR count). The number of carbonyl (C=O) groups is 3. The van der Waals surface area contributed by atoms with Gasteiger partial charge in [-0.05, 0) is 24.1 Å². The molecule has 11 heteroatoms. The lowest BCUT2D eigenvalue weighted by molar-refractivity contribution is -0.134. The van der Waals surface area contributed by atoms with Crippen molar-refractivity contribution in [3.8, 4) is 0 Å². The number of benzene rings is 2. The van der Waals surface area contributed by atoms with Crippen LogP contribution in [0, 0.1) is 0 Å². The third-order valence-electron chi connectivity index (χ3n) is 5.70. The summed E-state index contributed by atoms with van der Waals surface area (Å²) in [7, 11) is -3.90. The van der Waals surface area contributed by atoms with E-state index < -0.39 is 33.9 Å². The molecule has 2 aromatic carbocycles. The Labute approximate surface area is 209 Å². The van der Waals surface area contributed by atoms with E-state index in [0.717, 1.165) is 16.3 Å². The Bertz CT molecular complexity index is 1220. The lowest BCUT2D eigenvalue weighted by Crippen LogP contribution is -2.38. The number of carboxylic acids is 2. The number of ether oxygens (including phenoxy) is 1. The van der Waals surface area contributed by atoms with E-state index in [4.69, 9.17) is 14.9 Å².